The molecule has 1 rings (SSSR count). The predicted molar refractivity (Wildman–Crippen MR) is 53.7 cm³/mol. The van der Waals surface area contributed by atoms with E-state index in [1.165, 1.54) is 0 Å². The van der Waals surface area contributed by atoms with Crippen molar-refractivity contribution in [3.05, 3.63) is 11.8 Å². The summed E-state index contributed by atoms with van der Waals surface area (Å²) in [6.07, 6.45) is 2.59. The first-order chi connectivity index (χ1) is 6.02. The van der Waals surface area contributed by atoms with E-state index >= 15 is 0 Å². The van der Waals surface area contributed by atoms with Crippen molar-refractivity contribution in [2.24, 2.45) is 10.9 Å². The average Bonchev–Trinajstić information content (AvgIpc) is 2.03. The molecular formula is C10H16N2O. The Balaban J connectivity index is 2.86. The van der Waals surface area contributed by atoms with E-state index in [-0.39, 0.29) is 5.91 Å². The van der Waals surface area contributed by atoms with Gasteiger partial charge >= 0.3 is 0 Å². The maximum Gasteiger partial charge on any atom is 0.251 e. The zero-order chi connectivity index (χ0) is 10.0. The monoisotopic (exact) mass is 180 g/mol. The third kappa shape index (κ3) is 2.17. The molecule has 0 saturated heterocycles. The number of nitrogens with zero attached hydrogens (tertiary/aromatic N) is 2. The molecule has 0 N–H and O–H groups in total. The average molecular weight is 180 g/mol. The van der Waals surface area contributed by atoms with E-state index in [9.17, 15) is 4.79 Å². The normalized spacial score (nSPS) is 22.0. The topological polar surface area (TPSA) is 32.7 Å². The lowest BCUT2D eigenvalue weighted by molar-refractivity contribution is -0.125. The summed E-state index contributed by atoms with van der Waals surface area (Å²) in [6, 6.07) is 0. The van der Waals surface area contributed by atoms with Gasteiger partial charge in [0.25, 0.3) is 5.91 Å². The molecule has 0 saturated carbocycles. The minimum absolute atomic E-state index is 0.0729. The van der Waals surface area contributed by atoms with Crippen LogP contribution >= 0.6 is 0 Å². The summed E-state index contributed by atoms with van der Waals surface area (Å²) in [5.41, 5.74) is 1.92. The van der Waals surface area contributed by atoms with Gasteiger partial charge in [0.2, 0.25) is 0 Å². The van der Waals surface area contributed by atoms with Crippen LogP contribution in [0.3, 0.4) is 0 Å². The van der Waals surface area contributed by atoms with Gasteiger partial charge in [-0.05, 0) is 19.3 Å². The van der Waals surface area contributed by atoms with E-state index in [1.807, 2.05) is 6.92 Å². The number of rotatable bonds is 1. The van der Waals surface area contributed by atoms with E-state index in [4.69, 9.17) is 0 Å². The van der Waals surface area contributed by atoms with Crippen LogP contribution in [0.4, 0.5) is 0 Å². The molecule has 0 radical (unpaired) electrons. The van der Waals surface area contributed by atoms with Gasteiger partial charge in [0.05, 0.1) is 0 Å². The van der Waals surface area contributed by atoms with Crippen LogP contribution in [0, 0.1) is 5.92 Å². The highest BCUT2D eigenvalue weighted by molar-refractivity contribution is 5.96. The molecule has 13 heavy (non-hydrogen) atoms. The summed E-state index contributed by atoms with van der Waals surface area (Å²) in [5.74, 6) is 0.371. The van der Waals surface area contributed by atoms with Crippen LogP contribution in [0.1, 0.15) is 20.3 Å². The van der Waals surface area contributed by atoms with E-state index in [0.717, 1.165) is 17.7 Å². The minimum Gasteiger partial charge on any atom is -0.345 e. The van der Waals surface area contributed by atoms with Crippen LogP contribution in [0.5, 0.6) is 0 Å². The molecule has 1 aliphatic heterocycles. The largest absolute Gasteiger partial charge is 0.345 e. The van der Waals surface area contributed by atoms with Crippen LogP contribution in [0.2, 0.25) is 0 Å². The molecule has 0 aromatic carbocycles. The van der Waals surface area contributed by atoms with Crippen molar-refractivity contribution in [2.45, 2.75) is 20.3 Å². The number of carbonyl (C=O) groups excluding carboxylic acids is 1. The van der Waals surface area contributed by atoms with E-state index in [2.05, 4.69) is 11.9 Å². The fourth-order valence-electron chi connectivity index (χ4n) is 1.44. The van der Waals surface area contributed by atoms with Gasteiger partial charge in [0.1, 0.15) is 0 Å². The number of hydrogen-bond acceptors (Lipinski definition) is 2. The molecule has 1 aliphatic rings. The van der Waals surface area contributed by atoms with Gasteiger partial charge in [-0.3, -0.25) is 9.79 Å². The Morgan fingerprint density at radius 1 is 1.62 bits per heavy atom. The van der Waals surface area contributed by atoms with Crippen molar-refractivity contribution >= 4 is 11.6 Å². The fraction of sp³-hybridized carbons (Fsp3) is 0.600. The summed E-state index contributed by atoms with van der Waals surface area (Å²) in [4.78, 5) is 17.4. The van der Waals surface area contributed by atoms with Crippen molar-refractivity contribution < 1.29 is 4.79 Å². The Kier molecular flexibility index (Phi) is 2.86. The number of amides is 1. The zero-order valence-electron chi connectivity index (χ0n) is 8.66. The molecule has 3 nitrogen and oxygen atoms in total. The van der Waals surface area contributed by atoms with E-state index < -0.39 is 0 Å². The summed E-state index contributed by atoms with van der Waals surface area (Å²) < 4.78 is 0. The minimum atomic E-state index is 0.0729. The predicted octanol–water partition coefficient (Wildman–Crippen LogP) is 1.46. The molecule has 1 unspecified atom stereocenters. The second-order valence-corrected chi connectivity index (χ2v) is 3.75. The number of hydrogen-bond donors (Lipinski definition) is 0. The molecule has 0 spiro atoms. The van der Waals surface area contributed by atoms with Gasteiger partial charge in [-0.25, -0.2) is 0 Å². The van der Waals surface area contributed by atoms with Crippen LogP contribution in [0.15, 0.2) is 16.8 Å². The first-order valence-corrected chi connectivity index (χ1v) is 4.47. The third-order valence-electron chi connectivity index (χ3n) is 2.21. The Labute approximate surface area is 79.1 Å². The van der Waals surface area contributed by atoms with Crippen molar-refractivity contribution in [3.8, 4) is 0 Å². The van der Waals surface area contributed by atoms with Crippen LogP contribution in [-0.2, 0) is 4.79 Å². The Hall–Kier alpha value is -1.12. The number of carbonyl (C=O) groups is 1. The summed E-state index contributed by atoms with van der Waals surface area (Å²) in [6.45, 7) is 4.05. The molecular weight excluding hydrogens is 164 g/mol. The molecule has 0 bridgehead atoms. The van der Waals surface area contributed by atoms with Crippen molar-refractivity contribution in [3.63, 3.8) is 0 Å². The summed E-state index contributed by atoms with van der Waals surface area (Å²) in [7, 11) is 3.53. The molecule has 3 heteroatoms. The lowest BCUT2D eigenvalue weighted by Gasteiger charge is -2.21. The Morgan fingerprint density at radius 2 is 2.23 bits per heavy atom. The standard InChI is InChI=1S/C10H16N2O/c1-7-5-8(2)11-6-9(7)10(13)12(3)4/h6-7H,5H2,1-4H3. The summed E-state index contributed by atoms with van der Waals surface area (Å²) in [5, 5.41) is 0. The quantitative estimate of drug-likeness (QED) is 0.601. The highest BCUT2D eigenvalue weighted by atomic mass is 16.2. The highest BCUT2D eigenvalue weighted by Crippen LogP contribution is 2.21. The summed E-state index contributed by atoms with van der Waals surface area (Å²) >= 11 is 0. The van der Waals surface area contributed by atoms with Gasteiger partial charge in [-0.2, -0.15) is 0 Å². The third-order valence-corrected chi connectivity index (χ3v) is 2.21. The molecule has 1 heterocycles. The first-order valence-electron chi connectivity index (χ1n) is 4.47. The first kappa shape index (κ1) is 9.96. The number of likely N-dealkylation sites (N-methyl/N-ethyl adjacent to an activating group) is 1. The van der Waals surface area contributed by atoms with Crippen molar-refractivity contribution in [1.29, 1.82) is 0 Å². The lowest BCUT2D eigenvalue weighted by atomic mass is 9.93. The second-order valence-electron chi connectivity index (χ2n) is 3.75. The highest BCUT2D eigenvalue weighted by Gasteiger charge is 2.21. The zero-order valence-corrected chi connectivity index (χ0v) is 8.66. The molecule has 1 atom stereocenters. The number of aliphatic imine (C=N–C) groups is 1. The van der Waals surface area contributed by atoms with Gasteiger partial charge in [-0.15, -0.1) is 0 Å². The molecule has 0 aliphatic carbocycles. The second kappa shape index (κ2) is 3.73. The lowest BCUT2D eigenvalue weighted by Crippen LogP contribution is -2.28. The van der Waals surface area contributed by atoms with Crippen LogP contribution < -0.4 is 0 Å². The van der Waals surface area contributed by atoms with Gasteiger partial charge in [0, 0.05) is 31.6 Å². The van der Waals surface area contributed by atoms with Crippen LogP contribution in [-0.4, -0.2) is 30.6 Å². The molecule has 1 amide bonds. The van der Waals surface area contributed by atoms with Gasteiger partial charge in [0.15, 0.2) is 0 Å². The Bertz CT molecular complexity index is 277. The molecule has 0 aromatic rings. The maximum absolute atomic E-state index is 11.6. The maximum atomic E-state index is 11.6. The van der Waals surface area contributed by atoms with Gasteiger partial charge in [-0.1, -0.05) is 6.92 Å². The smallest absolute Gasteiger partial charge is 0.251 e. The van der Waals surface area contributed by atoms with Crippen molar-refractivity contribution in [1.82, 2.24) is 4.90 Å². The van der Waals surface area contributed by atoms with E-state index in [0.29, 0.717) is 5.92 Å². The SMILES string of the molecule is CC1=NC=C(C(=O)N(C)C)C(C)C1. The molecule has 72 valence electrons. The fourth-order valence-corrected chi connectivity index (χ4v) is 1.44. The Morgan fingerprint density at radius 3 is 2.69 bits per heavy atom. The van der Waals surface area contributed by atoms with E-state index in [1.54, 1.807) is 25.2 Å². The molecule has 0 aromatic heterocycles. The van der Waals surface area contributed by atoms with Crippen LogP contribution in [0.25, 0.3) is 0 Å². The van der Waals surface area contributed by atoms with Gasteiger partial charge < -0.3 is 4.90 Å². The van der Waals surface area contributed by atoms with Crippen molar-refractivity contribution in [2.75, 3.05) is 14.1 Å². The molecule has 0 fully saturated rings.